The Morgan fingerprint density at radius 1 is 1.39 bits per heavy atom. The van der Waals surface area contributed by atoms with Gasteiger partial charge in [-0.25, -0.2) is 14.5 Å². The van der Waals surface area contributed by atoms with Gasteiger partial charge in [-0.15, -0.1) is 0 Å². The van der Waals surface area contributed by atoms with Gasteiger partial charge in [0.05, 0.1) is 35.8 Å². The number of ether oxygens (including phenoxy) is 1. The number of fused-ring (bicyclic) bond motifs is 1. The van der Waals surface area contributed by atoms with Crippen LogP contribution in [0.15, 0.2) is 24.4 Å². The first-order valence-electron chi connectivity index (χ1n) is 9.16. The van der Waals surface area contributed by atoms with E-state index < -0.39 is 0 Å². The molecule has 0 radical (unpaired) electrons. The summed E-state index contributed by atoms with van der Waals surface area (Å²) in [6.45, 7) is 8.59. The molecule has 3 heterocycles. The normalized spacial score (nSPS) is 11.1. The highest BCUT2D eigenvalue weighted by atomic mass is 16.5. The Labute approximate surface area is 163 Å². The minimum absolute atomic E-state index is 0.0461. The Morgan fingerprint density at radius 2 is 2.18 bits per heavy atom. The Morgan fingerprint density at radius 3 is 2.86 bits per heavy atom. The molecule has 3 aromatic rings. The number of imidazole rings is 1. The van der Waals surface area contributed by atoms with Crippen LogP contribution in [0.4, 0.5) is 5.69 Å². The number of aryl methyl sites for hydroxylation is 1. The number of aromatic nitrogens is 4. The number of anilines is 1. The fraction of sp³-hybridized carbons (Fsp3) is 0.368. The maximum atomic E-state index is 8.93. The van der Waals surface area contributed by atoms with Crippen LogP contribution in [0.1, 0.15) is 38.2 Å². The van der Waals surface area contributed by atoms with Gasteiger partial charge in [0.2, 0.25) is 5.88 Å². The van der Waals surface area contributed by atoms with Gasteiger partial charge in [-0.1, -0.05) is 13.8 Å². The van der Waals surface area contributed by atoms with E-state index in [-0.39, 0.29) is 18.3 Å². The third kappa shape index (κ3) is 3.74. The van der Waals surface area contributed by atoms with E-state index in [1.807, 2.05) is 37.5 Å². The molecule has 9 nitrogen and oxygen atoms in total. The maximum absolute atomic E-state index is 8.93. The number of hydrogen-bond donors (Lipinski definition) is 4. The van der Waals surface area contributed by atoms with Crippen molar-refractivity contribution in [2.75, 3.05) is 18.5 Å². The molecule has 0 unspecified atom stereocenters. The van der Waals surface area contributed by atoms with Gasteiger partial charge in [-0.3, -0.25) is 16.1 Å². The number of rotatable bonds is 7. The van der Waals surface area contributed by atoms with E-state index in [2.05, 4.69) is 29.1 Å². The predicted molar refractivity (Wildman–Crippen MR) is 107 cm³/mol. The van der Waals surface area contributed by atoms with Gasteiger partial charge in [0, 0.05) is 6.20 Å². The summed E-state index contributed by atoms with van der Waals surface area (Å²) in [4.78, 5) is 9.00. The van der Waals surface area contributed by atoms with Crippen molar-refractivity contribution in [3.05, 3.63) is 35.9 Å². The van der Waals surface area contributed by atoms with Crippen LogP contribution in [0.3, 0.4) is 0 Å². The van der Waals surface area contributed by atoms with Crippen LogP contribution in [0.5, 0.6) is 5.88 Å². The Bertz CT molecular complexity index is 997. The highest BCUT2D eigenvalue weighted by molar-refractivity contribution is 5.86. The second-order valence-electron chi connectivity index (χ2n) is 6.64. The molecule has 0 fully saturated rings. The summed E-state index contributed by atoms with van der Waals surface area (Å²) in [5.74, 6) is 1.43. The molecular formula is C19H25N7O2. The molecule has 0 aliphatic heterocycles. The van der Waals surface area contributed by atoms with Crippen molar-refractivity contribution in [2.45, 2.75) is 33.6 Å². The number of nitrogens with zero attached hydrogens (tertiary/aromatic N) is 4. The molecule has 0 saturated heterocycles. The summed E-state index contributed by atoms with van der Waals surface area (Å²) in [6.07, 6.45) is 1.68. The van der Waals surface area contributed by atoms with Gasteiger partial charge in [0.25, 0.3) is 0 Å². The standard InChI is InChI=1S/C19H25N7O2/c1-5-28-19-13(7-6-8-21-19)14-9-15(22-10-16(20)25-27)18-17(11(2)3)23-12(4)26(18)24-14/h6-9,11,22,27H,5,10H2,1-4H3,(H2,20,25). The summed E-state index contributed by atoms with van der Waals surface area (Å²) in [6, 6.07) is 5.64. The summed E-state index contributed by atoms with van der Waals surface area (Å²) < 4.78 is 7.46. The molecular weight excluding hydrogens is 358 g/mol. The van der Waals surface area contributed by atoms with Crippen molar-refractivity contribution >= 4 is 17.0 Å². The summed E-state index contributed by atoms with van der Waals surface area (Å²) in [7, 11) is 0. The minimum Gasteiger partial charge on any atom is -0.477 e. The lowest BCUT2D eigenvalue weighted by Crippen LogP contribution is -2.26. The zero-order chi connectivity index (χ0) is 20.3. The summed E-state index contributed by atoms with van der Waals surface area (Å²) in [5, 5.41) is 24.6. The van der Waals surface area contributed by atoms with Gasteiger partial charge in [-0.2, -0.15) is 5.10 Å². The van der Waals surface area contributed by atoms with Crippen molar-refractivity contribution in [1.29, 1.82) is 5.41 Å². The topological polar surface area (TPSA) is 120 Å². The molecule has 0 amide bonds. The van der Waals surface area contributed by atoms with Gasteiger partial charge < -0.3 is 10.1 Å². The average Bonchev–Trinajstić information content (AvgIpc) is 3.03. The van der Waals surface area contributed by atoms with Crippen molar-refractivity contribution in [2.24, 2.45) is 0 Å². The molecule has 28 heavy (non-hydrogen) atoms. The average molecular weight is 383 g/mol. The summed E-state index contributed by atoms with van der Waals surface area (Å²) >= 11 is 0. The van der Waals surface area contributed by atoms with Crippen molar-refractivity contribution in [1.82, 2.24) is 25.1 Å². The molecule has 148 valence electrons. The second-order valence-corrected chi connectivity index (χ2v) is 6.64. The largest absolute Gasteiger partial charge is 0.477 e. The molecule has 0 saturated carbocycles. The molecule has 3 rings (SSSR count). The Balaban J connectivity index is 2.21. The van der Waals surface area contributed by atoms with E-state index in [0.717, 1.165) is 28.3 Å². The van der Waals surface area contributed by atoms with E-state index in [9.17, 15) is 0 Å². The molecule has 0 spiro atoms. The lowest BCUT2D eigenvalue weighted by Gasteiger charge is -2.14. The Kier molecular flexibility index (Phi) is 5.74. The number of pyridine rings is 1. The van der Waals surface area contributed by atoms with E-state index in [1.165, 1.54) is 0 Å². The van der Waals surface area contributed by atoms with Crippen molar-refractivity contribution in [3.63, 3.8) is 0 Å². The van der Waals surface area contributed by atoms with Crippen LogP contribution >= 0.6 is 0 Å². The molecule has 0 aliphatic carbocycles. The molecule has 0 bridgehead atoms. The lowest BCUT2D eigenvalue weighted by atomic mass is 10.1. The highest BCUT2D eigenvalue weighted by Crippen LogP contribution is 2.33. The zero-order valence-corrected chi connectivity index (χ0v) is 16.4. The van der Waals surface area contributed by atoms with Crippen LogP contribution in [0, 0.1) is 12.3 Å². The SMILES string of the molecule is CCOc1ncccc1-c1cc(NCC(=N)NO)c2c(C(C)C)nc(C)n2n1. The van der Waals surface area contributed by atoms with Crippen LogP contribution in [-0.4, -0.2) is 43.8 Å². The monoisotopic (exact) mass is 383 g/mol. The molecule has 0 aliphatic rings. The molecule has 3 aromatic heterocycles. The molecule has 9 heteroatoms. The molecule has 4 N–H and O–H groups in total. The quantitative estimate of drug-likeness (QED) is 0.281. The third-order valence-electron chi connectivity index (χ3n) is 4.25. The van der Waals surface area contributed by atoms with Crippen LogP contribution in [-0.2, 0) is 0 Å². The predicted octanol–water partition coefficient (Wildman–Crippen LogP) is 2.99. The summed E-state index contributed by atoms with van der Waals surface area (Å²) in [5.41, 5.74) is 5.82. The minimum atomic E-state index is -0.0461. The van der Waals surface area contributed by atoms with Crippen LogP contribution in [0.2, 0.25) is 0 Å². The highest BCUT2D eigenvalue weighted by Gasteiger charge is 2.19. The Hall–Kier alpha value is -3.20. The van der Waals surface area contributed by atoms with Gasteiger partial charge in [0.1, 0.15) is 17.2 Å². The number of nitrogens with one attached hydrogen (secondary N) is 3. The van der Waals surface area contributed by atoms with Crippen LogP contribution < -0.4 is 15.5 Å². The first kappa shape index (κ1) is 19.6. The second kappa shape index (κ2) is 8.22. The fourth-order valence-corrected chi connectivity index (χ4v) is 2.99. The van der Waals surface area contributed by atoms with Gasteiger partial charge >= 0.3 is 0 Å². The molecule has 0 atom stereocenters. The van der Waals surface area contributed by atoms with E-state index in [4.69, 9.17) is 20.5 Å². The molecule has 0 aromatic carbocycles. The van der Waals surface area contributed by atoms with Crippen molar-refractivity contribution < 1.29 is 9.94 Å². The lowest BCUT2D eigenvalue weighted by molar-refractivity contribution is 0.232. The number of amidine groups is 1. The van der Waals surface area contributed by atoms with E-state index >= 15 is 0 Å². The number of hydrogen-bond acceptors (Lipinski definition) is 7. The third-order valence-corrected chi connectivity index (χ3v) is 4.25. The van der Waals surface area contributed by atoms with E-state index in [0.29, 0.717) is 18.2 Å². The number of hydroxylamine groups is 1. The van der Waals surface area contributed by atoms with Crippen molar-refractivity contribution in [3.8, 4) is 17.1 Å². The zero-order valence-electron chi connectivity index (χ0n) is 16.4. The van der Waals surface area contributed by atoms with E-state index in [1.54, 1.807) is 10.7 Å². The van der Waals surface area contributed by atoms with Crippen LogP contribution in [0.25, 0.3) is 16.8 Å². The maximum Gasteiger partial charge on any atom is 0.222 e. The van der Waals surface area contributed by atoms with Gasteiger partial charge in [-0.05, 0) is 38.0 Å². The van der Waals surface area contributed by atoms with Gasteiger partial charge in [0.15, 0.2) is 0 Å². The fourth-order valence-electron chi connectivity index (χ4n) is 2.99. The first-order chi connectivity index (χ1) is 13.5. The first-order valence-corrected chi connectivity index (χ1v) is 9.16. The smallest absolute Gasteiger partial charge is 0.222 e.